The second-order valence-corrected chi connectivity index (χ2v) is 10.3. The SMILES string of the molecule is CSCC[C@H]1N[C@]2(C(=O)Nc3c2ccc(C)c3C)[C@H]2C(=O)N(CCc3ccccc3)C(=O)[C@H]12. The summed E-state index contributed by atoms with van der Waals surface area (Å²) < 4.78 is 0. The summed E-state index contributed by atoms with van der Waals surface area (Å²) in [6.45, 7) is 4.33. The Morgan fingerprint density at radius 1 is 1.03 bits per heavy atom. The Kier molecular flexibility index (Phi) is 5.57. The van der Waals surface area contributed by atoms with Crippen molar-refractivity contribution in [1.82, 2.24) is 10.2 Å². The summed E-state index contributed by atoms with van der Waals surface area (Å²) >= 11 is 1.70. The highest BCUT2D eigenvalue weighted by molar-refractivity contribution is 7.98. The number of fused-ring (bicyclic) bond motifs is 4. The predicted molar refractivity (Wildman–Crippen MR) is 130 cm³/mol. The highest BCUT2D eigenvalue weighted by atomic mass is 32.2. The van der Waals surface area contributed by atoms with Crippen molar-refractivity contribution in [2.24, 2.45) is 11.8 Å². The molecule has 7 heteroatoms. The Labute approximate surface area is 198 Å². The van der Waals surface area contributed by atoms with E-state index in [2.05, 4.69) is 10.6 Å². The van der Waals surface area contributed by atoms with Gasteiger partial charge in [-0.05, 0) is 55.4 Å². The highest BCUT2D eigenvalue weighted by Gasteiger charge is 2.70. The van der Waals surface area contributed by atoms with Gasteiger partial charge in [-0.15, -0.1) is 0 Å². The lowest BCUT2D eigenvalue weighted by Gasteiger charge is -2.29. The molecule has 0 bridgehead atoms. The van der Waals surface area contributed by atoms with E-state index < -0.39 is 17.4 Å². The van der Waals surface area contributed by atoms with Crippen LogP contribution in [0, 0.1) is 25.7 Å². The number of nitrogens with zero attached hydrogens (tertiary/aromatic N) is 1. The summed E-state index contributed by atoms with van der Waals surface area (Å²) in [5.41, 5.74) is 3.54. The standard InChI is InChI=1S/C26H29N3O3S/c1-15-9-10-18-22(16(15)2)27-25(32)26(18)21-20(19(28-26)12-14-33-3)23(30)29(24(21)31)13-11-17-7-5-4-6-8-17/h4-10,19-21,28H,11-14H2,1-3H3,(H,27,32)/t19-,20-,21-,26+/m1/s1. The number of aryl methyl sites for hydroxylation is 1. The number of hydrogen-bond donors (Lipinski definition) is 2. The number of imide groups is 1. The molecule has 1 spiro atoms. The zero-order chi connectivity index (χ0) is 23.3. The maximum Gasteiger partial charge on any atom is 0.250 e. The van der Waals surface area contributed by atoms with E-state index in [1.807, 2.05) is 62.6 Å². The summed E-state index contributed by atoms with van der Waals surface area (Å²) in [6, 6.07) is 13.6. The van der Waals surface area contributed by atoms with Crippen LogP contribution in [0.5, 0.6) is 0 Å². The average Bonchev–Trinajstić information content (AvgIpc) is 3.39. The van der Waals surface area contributed by atoms with Crippen LogP contribution in [0.3, 0.4) is 0 Å². The third kappa shape index (κ3) is 3.24. The third-order valence-corrected chi connectivity index (χ3v) is 8.26. The Hall–Kier alpha value is -2.64. The minimum Gasteiger partial charge on any atom is -0.324 e. The molecule has 3 heterocycles. The quantitative estimate of drug-likeness (QED) is 0.644. The van der Waals surface area contributed by atoms with Crippen LogP contribution in [0.15, 0.2) is 42.5 Å². The van der Waals surface area contributed by atoms with Crippen LogP contribution in [0.2, 0.25) is 0 Å². The molecule has 0 aliphatic carbocycles. The normalized spacial score (nSPS) is 27.9. The molecule has 172 valence electrons. The summed E-state index contributed by atoms with van der Waals surface area (Å²) in [5.74, 6) is -1.01. The smallest absolute Gasteiger partial charge is 0.250 e. The summed E-state index contributed by atoms with van der Waals surface area (Å²) in [5, 5.41) is 6.57. The molecule has 0 aromatic heterocycles. The summed E-state index contributed by atoms with van der Waals surface area (Å²) in [4.78, 5) is 42.3. The Balaban J connectivity index is 1.54. The van der Waals surface area contributed by atoms with Crippen molar-refractivity contribution >= 4 is 35.2 Å². The molecular formula is C26H29N3O3S. The van der Waals surface area contributed by atoms with Crippen LogP contribution in [-0.4, -0.2) is 47.2 Å². The van der Waals surface area contributed by atoms with Crippen LogP contribution < -0.4 is 10.6 Å². The Morgan fingerprint density at radius 2 is 1.79 bits per heavy atom. The van der Waals surface area contributed by atoms with Crippen molar-refractivity contribution in [3.63, 3.8) is 0 Å². The number of likely N-dealkylation sites (tertiary alicyclic amines) is 1. The van der Waals surface area contributed by atoms with Gasteiger partial charge in [0, 0.05) is 23.8 Å². The molecule has 6 nitrogen and oxygen atoms in total. The molecule has 3 aliphatic heterocycles. The molecule has 4 atom stereocenters. The van der Waals surface area contributed by atoms with Gasteiger partial charge < -0.3 is 5.32 Å². The molecule has 33 heavy (non-hydrogen) atoms. The van der Waals surface area contributed by atoms with Gasteiger partial charge in [0.05, 0.1) is 11.8 Å². The second kappa shape index (κ2) is 8.29. The van der Waals surface area contributed by atoms with E-state index in [4.69, 9.17) is 0 Å². The molecule has 3 aliphatic rings. The lowest BCUT2D eigenvalue weighted by Crippen LogP contribution is -2.53. The van der Waals surface area contributed by atoms with Crippen LogP contribution in [0.4, 0.5) is 5.69 Å². The molecule has 2 saturated heterocycles. The largest absolute Gasteiger partial charge is 0.324 e. The predicted octanol–water partition coefficient (Wildman–Crippen LogP) is 3.02. The first-order valence-electron chi connectivity index (χ1n) is 11.5. The van der Waals surface area contributed by atoms with Crippen molar-refractivity contribution in [2.75, 3.05) is 23.9 Å². The first kappa shape index (κ1) is 22.2. The van der Waals surface area contributed by atoms with Crippen LogP contribution in [0.1, 0.15) is 28.7 Å². The van der Waals surface area contributed by atoms with Gasteiger partial charge in [-0.25, -0.2) is 0 Å². The molecule has 0 saturated carbocycles. The van der Waals surface area contributed by atoms with Crippen molar-refractivity contribution in [2.45, 2.75) is 38.3 Å². The molecule has 3 amide bonds. The minimum atomic E-state index is -1.20. The number of rotatable bonds is 6. The van der Waals surface area contributed by atoms with E-state index in [1.165, 1.54) is 4.90 Å². The lowest BCUT2D eigenvalue weighted by molar-refractivity contribution is -0.142. The van der Waals surface area contributed by atoms with E-state index in [-0.39, 0.29) is 23.8 Å². The molecule has 0 unspecified atom stereocenters. The lowest BCUT2D eigenvalue weighted by atomic mass is 9.76. The number of amides is 3. The van der Waals surface area contributed by atoms with E-state index in [9.17, 15) is 14.4 Å². The summed E-state index contributed by atoms with van der Waals surface area (Å²) in [6.07, 6.45) is 3.36. The van der Waals surface area contributed by atoms with Gasteiger partial charge in [0.15, 0.2) is 0 Å². The van der Waals surface area contributed by atoms with Crippen LogP contribution >= 0.6 is 11.8 Å². The molecule has 0 radical (unpaired) electrons. The fourth-order valence-electron chi connectivity index (χ4n) is 5.78. The van der Waals surface area contributed by atoms with Gasteiger partial charge in [-0.3, -0.25) is 24.6 Å². The fourth-order valence-corrected chi connectivity index (χ4v) is 6.27. The molecule has 5 rings (SSSR count). The number of carbonyl (C=O) groups is 3. The molecular weight excluding hydrogens is 434 g/mol. The number of anilines is 1. The average molecular weight is 464 g/mol. The molecule has 2 aromatic carbocycles. The van der Waals surface area contributed by atoms with E-state index in [1.54, 1.807) is 11.8 Å². The van der Waals surface area contributed by atoms with Gasteiger partial charge in [0.1, 0.15) is 5.54 Å². The first-order valence-corrected chi connectivity index (χ1v) is 12.9. The van der Waals surface area contributed by atoms with Gasteiger partial charge in [-0.1, -0.05) is 42.5 Å². The van der Waals surface area contributed by atoms with Crippen molar-refractivity contribution in [3.05, 3.63) is 64.7 Å². The number of benzene rings is 2. The topological polar surface area (TPSA) is 78.5 Å². The Bertz CT molecular complexity index is 1140. The molecule has 2 fully saturated rings. The number of nitrogens with one attached hydrogen (secondary N) is 2. The maximum atomic E-state index is 13.8. The number of carbonyl (C=O) groups excluding carboxylic acids is 3. The number of thioether (sulfide) groups is 1. The van der Waals surface area contributed by atoms with Gasteiger partial charge >= 0.3 is 0 Å². The Morgan fingerprint density at radius 3 is 2.52 bits per heavy atom. The molecule has 2 aromatic rings. The third-order valence-electron chi connectivity index (χ3n) is 7.61. The molecule has 2 N–H and O–H groups in total. The van der Waals surface area contributed by atoms with Crippen molar-refractivity contribution < 1.29 is 14.4 Å². The summed E-state index contributed by atoms with van der Waals surface area (Å²) in [7, 11) is 0. The second-order valence-electron chi connectivity index (χ2n) is 9.29. The zero-order valence-corrected chi connectivity index (χ0v) is 20.0. The van der Waals surface area contributed by atoms with E-state index >= 15 is 0 Å². The van der Waals surface area contributed by atoms with E-state index in [0.29, 0.717) is 13.0 Å². The van der Waals surface area contributed by atoms with Gasteiger partial charge in [-0.2, -0.15) is 11.8 Å². The minimum absolute atomic E-state index is 0.151. The van der Waals surface area contributed by atoms with E-state index in [0.717, 1.165) is 40.1 Å². The monoisotopic (exact) mass is 463 g/mol. The van der Waals surface area contributed by atoms with Crippen LogP contribution in [0.25, 0.3) is 0 Å². The highest BCUT2D eigenvalue weighted by Crippen LogP contribution is 2.54. The fraction of sp³-hybridized carbons (Fsp3) is 0.423. The maximum absolute atomic E-state index is 13.8. The van der Waals surface area contributed by atoms with Crippen LogP contribution in [-0.2, 0) is 26.3 Å². The van der Waals surface area contributed by atoms with Gasteiger partial charge in [0.25, 0.3) is 0 Å². The van der Waals surface area contributed by atoms with Crippen molar-refractivity contribution in [3.8, 4) is 0 Å². The zero-order valence-electron chi connectivity index (χ0n) is 19.2. The number of hydrogen-bond acceptors (Lipinski definition) is 5. The van der Waals surface area contributed by atoms with Gasteiger partial charge in [0.2, 0.25) is 17.7 Å². The van der Waals surface area contributed by atoms with Crippen molar-refractivity contribution in [1.29, 1.82) is 0 Å². The first-order chi connectivity index (χ1) is 15.9.